The van der Waals surface area contributed by atoms with Crippen LogP contribution in [0.3, 0.4) is 0 Å². The Labute approximate surface area is 121 Å². The molecule has 2 atom stereocenters. The molecule has 0 aliphatic carbocycles. The molecule has 5 heteroatoms. The number of benzene rings is 1. The molecule has 2 rings (SSSR count). The summed E-state index contributed by atoms with van der Waals surface area (Å²) in [6, 6.07) is 2.75. The Bertz CT molecular complexity index is 442. The Morgan fingerprint density at radius 2 is 2.05 bits per heavy atom. The maximum atomic E-state index is 14.1. The molecule has 2 unspecified atom stereocenters. The number of nitrogens with zero attached hydrogens (tertiary/aromatic N) is 1. The Morgan fingerprint density at radius 3 is 2.63 bits per heavy atom. The van der Waals surface area contributed by atoms with Crippen molar-refractivity contribution in [3.05, 3.63) is 28.2 Å². The third kappa shape index (κ3) is 3.08. The Morgan fingerprint density at radius 1 is 1.37 bits per heavy atom. The number of rotatable bonds is 2. The van der Waals surface area contributed by atoms with E-state index in [1.54, 1.807) is 0 Å². The van der Waals surface area contributed by atoms with E-state index in [2.05, 4.69) is 35.1 Å². The molecule has 1 aliphatic heterocycles. The number of hydrogen-bond donors (Lipinski definition) is 1. The second-order valence-corrected chi connectivity index (χ2v) is 6.33. The predicted molar refractivity (Wildman–Crippen MR) is 77.5 cm³/mol. The molecule has 1 heterocycles. The largest absolute Gasteiger partial charge is 0.363 e. The van der Waals surface area contributed by atoms with E-state index in [1.165, 1.54) is 6.07 Å². The fourth-order valence-corrected chi connectivity index (χ4v) is 3.09. The van der Waals surface area contributed by atoms with Gasteiger partial charge in [0.05, 0.1) is 5.69 Å². The number of hydrogen-bond acceptors (Lipinski definition) is 2. The highest BCUT2D eigenvalue weighted by Crippen LogP contribution is 2.33. The van der Waals surface area contributed by atoms with Gasteiger partial charge in [0, 0.05) is 35.7 Å². The van der Waals surface area contributed by atoms with Crippen LogP contribution >= 0.6 is 15.9 Å². The second kappa shape index (κ2) is 5.75. The van der Waals surface area contributed by atoms with Crippen LogP contribution in [0, 0.1) is 17.6 Å². The van der Waals surface area contributed by atoms with Crippen molar-refractivity contribution < 1.29 is 8.78 Å². The van der Waals surface area contributed by atoms with Gasteiger partial charge in [-0.3, -0.25) is 0 Å². The molecule has 0 bridgehead atoms. The molecule has 0 amide bonds. The zero-order chi connectivity index (χ0) is 14.2. The first-order chi connectivity index (χ1) is 8.90. The van der Waals surface area contributed by atoms with E-state index in [9.17, 15) is 8.78 Å². The summed E-state index contributed by atoms with van der Waals surface area (Å²) >= 11 is 3.28. The van der Waals surface area contributed by atoms with Crippen molar-refractivity contribution in [2.45, 2.75) is 32.9 Å². The van der Waals surface area contributed by atoms with Crippen LogP contribution in [-0.4, -0.2) is 25.2 Å². The fraction of sp³-hybridized carbons (Fsp3) is 0.571. The molecule has 2 nitrogen and oxygen atoms in total. The topological polar surface area (TPSA) is 15.3 Å². The van der Waals surface area contributed by atoms with E-state index in [-0.39, 0.29) is 6.04 Å². The lowest BCUT2D eigenvalue weighted by Crippen LogP contribution is -2.57. The van der Waals surface area contributed by atoms with Crippen molar-refractivity contribution in [2.24, 2.45) is 5.92 Å². The summed E-state index contributed by atoms with van der Waals surface area (Å²) in [6.45, 7) is 7.84. The van der Waals surface area contributed by atoms with Crippen LogP contribution in [0.1, 0.15) is 20.8 Å². The zero-order valence-corrected chi connectivity index (χ0v) is 13.0. The molecule has 1 aliphatic rings. The van der Waals surface area contributed by atoms with Gasteiger partial charge in [-0.05, 0) is 34.8 Å². The van der Waals surface area contributed by atoms with Gasteiger partial charge >= 0.3 is 0 Å². The minimum atomic E-state index is -0.559. The third-order valence-electron chi connectivity index (χ3n) is 3.67. The quantitative estimate of drug-likeness (QED) is 0.890. The Kier molecular flexibility index (Phi) is 4.46. The molecular weight excluding hydrogens is 314 g/mol. The van der Waals surface area contributed by atoms with Crippen LogP contribution in [0.5, 0.6) is 0 Å². The van der Waals surface area contributed by atoms with Gasteiger partial charge in [-0.25, -0.2) is 8.78 Å². The van der Waals surface area contributed by atoms with Crippen LogP contribution in [-0.2, 0) is 0 Å². The molecule has 0 saturated carbocycles. The molecule has 1 fully saturated rings. The average molecular weight is 333 g/mol. The predicted octanol–water partition coefficient (Wildman–Crippen LogP) is 3.55. The van der Waals surface area contributed by atoms with Crippen molar-refractivity contribution in [1.29, 1.82) is 0 Å². The maximum absolute atomic E-state index is 14.1. The summed E-state index contributed by atoms with van der Waals surface area (Å²) in [5.74, 6) is -0.600. The lowest BCUT2D eigenvalue weighted by Gasteiger charge is -2.42. The summed E-state index contributed by atoms with van der Waals surface area (Å²) < 4.78 is 27.7. The van der Waals surface area contributed by atoms with Crippen molar-refractivity contribution in [2.75, 3.05) is 18.0 Å². The average Bonchev–Trinajstić information content (AvgIpc) is 2.29. The molecule has 106 valence electrons. The molecule has 19 heavy (non-hydrogen) atoms. The van der Waals surface area contributed by atoms with E-state index in [0.717, 1.165) is 19.2 Å². The van der Waals surface area contributed by atoms with Gasteiger partial charge in [0.2, 0.25) is 0 Å². The molecule has 0 radical (unpaired) electrons. The minimum absolute atomic E-state index is 0.172. The highest BCUT2D eigenvalue weighted by Gasteiger charge is 2.29. The van der Waals surface area contributed by atoms with Gasteiger partial charge in [0.15, 0.2) is 5.82 Å². The van der Waals surface area contributed by atoms with Crippen molar-refractivity contribution in [3.63, 3.8) is 0 Å². The van der Waals surface area contributed by atoms with Gasteiger partial charge in [0.1, 0.15) is 5.82 Å². The summed E-state index contributed by atoms with van der Waals surface area (Å²) in [4.78, 5) is 2.01. The summed E-state index contributed by atoms with van der Waals surface area (Å²) in [5, 5.41) is 3.46. The molecule has 0 aromatic heterocycles. The first-order valence-electron chi connectivity index (χ1n) is 6.54. The number of anilines is 1. The number of nitrogens with one attached hydrogen (secondary N) is 1. The molecule has 1 aromatic rings. The summed E-state index contributed by atoms with van der Waals surface area (Å²) in [5.41, 5.74) is 0.459. The van der Waals surface area contributed by atoms with Crippen LogP contribution in [0.25, 0.3) is 0 Å². The minimum Gasteiger partial charge on any atom is -0.363 e. The molecule has 0 spiro atoms. The SMILES string of the molecule is CC(C)C1CN(c2c(F)cc(F)cc2Br)C(C)CN1. The lowest BCUT2D eigenvalue weighted by molar-refractivity contribution is 0.334. The number of piperazine rings is 1. The van der Waals surface area contributed by atoms with E-state index in [4.69, 9.17) is 0 Å². The monoisotopic (exact) mass is 332 g/mol. The molecular formula is C14H19BrF2N2. The zero-order valence-electron chi connectivity index (χ0n) is 11.4. The fourth-order valence-electron chi connectivity index (χ4n) is 2.46. The maximum Gasteiger partial charge on any atom is 0.150 e. The van der Waals surface area contributed by atoms with Crippen molar-refractivity contribution >= 4 is 21.6 Å². The number of halogens is 3. The van der Waals surface area contributed by atoms with E-state index < -0.39 is 11.6 Å². The smallest absolute Gasteiger partial charge is 0.150 e. The first kappa shape index (κ1) is 14.7. The van der Waals surface area contributed by atoms with Crippen molar-refractivity contribution in [1.82, 2.24) is 5.32 Å². The summed E-state index contributed by atoms with van der Waals surface area (Å²) in [6.07, 6.45) is 0. The highest BCUT2D eigenvalue weighted by molar-refractivity contribution is 9.10. The normalized spacial score (nSPS) is 24.1. The van der Waals surface area contributed by atoms with Gasteiger partial charge in [0.25, 0.3) is 0 Å². The van der Waals surface area contributed by atoms with Crippen molar-refractivity contribution in [3.8, 4) is 0 Å². The standard InChI is InChI=1S/C14H19BrF2N2/c1-8(2)13-7-19(9(3)6-18-13)14-11(15)4-10(16)5-12(14)17/h4-5,8-9,13,18H,6-7H2,1-3H3. The second-order valence-electron chi connectivity index (χ2n) is 5.48. The molecule has 1 saturated heterocycles. The molecule has 1 aromatic carbocycles. The van der Waals surface area contributed by atoms with Crippen LogP contribution in [0.2, 0.25) is 0 Å². The lowest BCUT2D eigenvalue weighted by atomic mass is 9.99. The van der Waals surface area contributed by atoms with Crippen LogP contribution in [0.15, 0.2) is 16.6 Å². The van der Waals surface area contributed by atoms with Gasteiger partial charge < -0.3 is 10.2 Å². The van der Waals surface area contributed by atoms with Gasteiger partial charge in [-0.15, -0.1) is 0 Å². The molecule has 1 N–H and O–H groups in total. The van der Waals surface area contributed by atoms with E-state index in [1.807, 2.05) is 11.8 Å². The Balaban J connectivity index is 2.34. The van der Waals surface area contributed by atoms with Crippen LogP contribution < -0.4 is 10.2 Å². The third-order valence-corrected chi connectivity index (χ3v) is 4.28. The van der Waals surface area contributed by atoms with Gasteiger partial charge in [-0.2, -0.15) is 0 Å². The van der Waals surface area contributed by atoms with Gasteiger partial charge in [-0.1, -0.05) is 13.8 Å². The van der Waals surface area contributed by atoms with Crippen LogP contribution in [0.4, 0.5) is 14.5 Å². The Hall–Kier alpha value is -0.680. The first-order valence-corrected chi connectivity index (χ1v) is 7.34. The highest BCUT2D eigenvalue weighted by atomic mass is 79.9. The van der Waals surface area contributed by atoms with E-state index >= 15 is 0 Å². The summed E-state index contributed by atoms with van der Waals surface area (Å²) in [7, 11) is 0. The van der Waals surface area contributed by atoms with E-state index in [0.29, 0.717) is 22.1 Å².